The molecule has 0 bridgehead atoms. The Hall–Kier alpha value is -1.92. The Balaban J connectivity index is 1.64. The van der Waals surface area contributed by atoms with Crippen LogP contribution in [0.5, 0.6) is 0 Å². The van der Waals surface area contributed by atoms with E-state index < -0.39 is 20.9 Å². The summed E-state index contributed by atoms with van der Waals surface area (Å²) in [6.07, 6.45) is 1.06. The third-order valence-electron chi connectivity index (χ3n) is 4.88. The standard InChI is InChI=1S/C20H21ClFNO3S/c21-17-14-15(6-8-18(17)22)7-9-20(24)23-11-10-19(27(25,26)13-12-23)16-4-2-1-3-5-16/h1-6,8,14,19H,7,9-13H2/t19-/m0/s1. The highest BCUT2D eigenvalue weighted by Gasteiger charge is 2.32. The van der Waals surface area contributed by atoms with Gasteiger partial charge in [0.1, 0.15) is 5.82 Å². The third-order valence-corrected chi connectivity index (χ3v) is 7.29. The van der Waals surface area contributed by atoms with Crippen LogP contribution in [0, 0.1) is 5.82 Å². The van der Waals surface area contributed by atoms with Crippen molar-refractivity contribution in [2.45, 2.75) is 24.5 Å². The van der Waals surface area contributed by atoms with Crippen LogP contribution < -0.4 is 0 Å². The monoisotopic (exact) mass is 409 g/mol. The number of nitrogens with zero attached hydrogens (tertiary/aromatic N) is 1. The van der Waals surface area contributed by atoms with Gasteiger partial charge >= 0.3 is 0 Å². The summed E-state index contributed by atoms with van der Waals surface area (Å²) in [7, 11) is -3.31. The molecule has 1 heterocycles. The molecule has 0 aromatic heterocycles. The van der Waals surface area contributed by atoms with Gasteiger partial charge in [-0.05, 0) is 36.1 Å². The molecule has 0 radical (unpaired) electrons. The van der Waals surface area contributed by atoms with Gasteiger partial charge in [0.25, 0.3) is 0 Å². The first-order valence-corrected chi connectivity index (χ1v) is 10.9. The van der Waals surface area contributed by atoms with Gasteiger partial charge in [-0.3, -0.25) is 4.79 Å². The Morgan fingerprint density at radius 2 is 1.89 bits per heavy atom. The quantitative estimate of drug-likeness (QED) is 0.771. The van der Waals surface area contributed by atoms with E-state index in [4.69, 9.17) is 11.6 Å². The minimum atomic E-state index is -3.31. The smallest absolute Gasteiger partial charge is 0.222 e. The minimum Gasteiger partial charge on any atom is -0.342 e. The summed E-state index contributed by atoms with van der Waals surface area (Å²) in [5.74, 6) is -0.628. The Morgan fingerprint density at radius 1 is 1.15 bits per heavy atom. The van der Waals surface area contributed by atoms with Gasteiger partial charge in [0.15, 0.2) is 9.84 Å². The molecule has 1 fully saturated rings. The number of hydrogen-bond acceptors (Lipinski definition) is 3. The van der Waals surface area contributed by atoms with Crippen molar-refractivity contribution in [1.82, 2.24) is 4.90 Å². The number of halogens is 2. The lowest BCUT2D eigenvalue weighted by Gasteiger charge is -2.20. The van der Waals surface area contributed by atoms with E-state index in [2.05, 4.69) is 0 Å². The summed E-state index contributed by atoms with van der Waals surface area (Å²) in [6, 6.07) is 13.5. The van der Waals surface area contributed by atoms with E-state index >= 15 is 0 Å². The van der Waals surface area contributed by atoms with Crippen LogP contribution in [0.2, 0.25) is 5.02 Å². The molecule has 27 heavy (non-hydrogen) atoms. The van der Waals surface area contributed by atoms with Crippen molar-refractivity contribution in [2.75, 3.05) is 18.8 Å². The van der Waals surface area contributed by atoms with Crippen LogP contribution in [0.25, 0.3) is 0 Å². The molecule has 0 unspecified atom stereocenters. The third kappa shape index (κ3) is 4.87. The first-order chi connectivity index (χ1) is 12.9. The summed E-state index contributed by atoms with van der Waals surface area (Å²) in [5.41, 5.74) is 1.55. The van der Waals surface area contributed by atoms with E-state index in [1.807, 2.05) is 30.3 Å². The molecule has 7 heteroatoms. The van der Waals surface area contributed by atoms with Gasteiger partial charge in [0.2, 0.25) is 5.91 Å². The van der Waals surface area contributed by atoms with Crippen molar-refractivity contribution in [1.29, 1.82) is 0 Å². The number of benzene rings is 2. The second-order valence-electron chi connectivity index (χ2n) is 6.68. The zero-order chi connectivity index (χ0) is 19.4. The molecule has 0 saturated carbocycles. The fourth-order valence-electron chi connectivity index (χ4n) is 3.34. The molecule has 0 N–H and O–H groups in total. The van der Waals surface area contributed by atoms with Gasteiger partial charge in [-0.2, -0.15) is 0 Å². The van der Waals surface area contributed by atoms with E-state index in [0.717, 1.165) is 11.1 Å². The molecular formula is C20H21ClFNO3S. The van der Waals surface area contributed by atoms with Crippen LogP contribution in [0.1, 0.15) is 29.2 Å². The van der Waals surface area contributed by atoms with E-state index in [1.54, 1.807) is 11.0 Å². The van der Waals surface area contributed by atoms with Crippen molar-refractivity contribution in [2.24, 2.45) is 0 Å². The summed E-state index contributed by atoms with van der Waals surface area (Å²) >= 11 is 5.77. The van der Waals surface area contributed by atoms with Gasteiger partial charge in [0, 0.05) is 19.5 Å². The number of carbonyl (C=O) groups is 1. The SMILES string of the molecule is O=C(CCc1ccc(F)c(Cl)c1)N1CC[C@@H](c2ccccc2)S(=O)(=O)CC1. The summed E-state index contributed by atoms with van der Waals surface area (Å²) in [5, 5.41) is -0.543. The molecule has 1 atom stereocenters. The Morgan fingerprint density at radius 3 is 2.59 bits per heavy atom. The number of amides is 1. The number of rotatable bonds is 4. The lowest BCUT2D eigenvalue weighted by atomic mass is 10.1. The first-order valence-electron chi connectivity index (χ1n) is 8.85. The Labute approximate surface area is 163 Å². The van der Waals surface area contributed by atoms with Gasteiger partial charge < -0.3 is 4.90 Å². The second-order valence-corrected chi connectivity index (χ2v) is 9.39. The number of sulfone groups is 1. The molecule has 1 saturated heterocycles. The van der Waals surface area contributed by atoms with Crippen LogP contribution in [-0.2, 0) is 21.1 Å². The normalized spacial score (nSPS) is 19.5. The number of aryl methyl sites for hydroxylation is 1. The summed E-state index contributed by atoms with van der Waals surface area (Å²) < 4.78 is 38.5. The lowest BCUT2D eigenvalue weighted by molar-refractivity contribution is -0.130. The highest BCUT2D eigenvalue weighted by molar-refractivity contribution is 7.91. The maximum absolute atomic E-state index is 13.2. The predicted octanol–water partition coefficient (Wildman–Crippen LogP) is 3.80. The largest absolute Gasteiger partial charge is 0.342 e. The highest BCUT2D eigenvalue weighted by Crippen LogP contribution is 2.29. The fourth-order valence-corrected chi connectivity index (χ4v) is 5.34. The van der Waals surface area contributed by atoms with Crippen molar-refractivity contribution in [3.63, 3.8) is 0 Å². The first kappa shape index (κ1) is 19.8. The molecule has 2 aromatic carbocycles. The van der Waals surface area contributed by atoms with Crippen LogP contribution in [0.15, 0.2) is 48.5 Å². The van der Waals surface area contributed by atoms with E-state index in [0.29, 0.717) is 19.4 Å². The maximum Gasteiger partial charge on any atom is 0.222 e. The van der Waals surface area contributed by atoms with Crippen LogP contribution in [0.3, 0.4) is 0 Å². The molecule has 2 aromatic rings. The minimum absolute atomic E-state index is 0.0338. The average molecular weight is 410 g/mol. The van der Waals surface area contributed by atoms with E-state index in [1.165, 1.54) is 12.1 Å². The second kappa shape index (κ2) is 8.40. The van der Waals surface area contributed by atoms with Crippen molar-refractivity contribution >= 4 is 27.3 Å². The van der Waals surface area contributed by atoms with E-state index in [-0.39, 0.29) is 29.6 Å². The fraction of sp³-hybridized carbons (Fsp3) is 0.350. The molecular weight excluding hydrogens is 389 g/mol. The van der Waals surface area contributed by atoms with Crippen LogP contribution in [0.4, 0.5) is 4.39 Å². The van der Waals surface area contributed by atoms with Crippen molar-refractivity contribution < 1.29 is 17.6 Å². The van der Waals surface area contributed by atoms with Crippen LogP contribution in [-0.4, -0.2) is 38.1 Å². The average Bonchev–Trinajstić information content (AvgIpc) is 2.81. The molecule has 3 rings (SSSR count). The predicted molar refractivity (Wildman–Crippen MR) is 104 cm³/mol. The molecule has 0 spiro atoms. The number of hydrogen-bond donors (Lipinski definition) is 0. The van der Waals surface area contributed by atoms with Crippen molar-refractivity contribution in [3.05, 3.63) is 70.5 Å². The lowest BCUT2D eigenvalue weighted by Crippen LogP contribution is -2.33. The van der Waals surface area contributed by atoms with E-state index in [9.17, 15) is 17.6 Å². The molecule has 4 nitrogen and oxygen atoms in total. The maximum atomic E-state index is 13.2. The zero-order valence-electron chi connectivity index (χ0n) is 14.8. The molecule has 0 aliphatic carbocycles. The highest BCUT2D eigenvalue weighted by atomic mass is 35.5. The molecule has 1 aliphatic rings. The van der Waals surface area contributed by atoms with Gasteiger partial charge in [0.05, 0.1) is 16.0 Å². The topological polar surface area (TPSA) is 54.5 Å². The summed E-state index contributed by atoms with van der Waals surface area (Å²) in [4.78, 5) is 14.2. The Kier molecular flexibility index (Phi) is 6.17. The summed E-state index contributed by atoms with van der Waals surface area (Å²) in [6.45, 7) is 0.608. The molecule has 144 valence electrons. The zero-order valence-corrected chi connectivity index (χ0v) is 16.3. The Bertz CT molecular complexity index is 918. The molecule has 1 aliphatic heterocycles. The van der Waals surface area contributed by atoms with Gasteiger partial charge in [-0.1, -0.05) is 48.0 Å². The molecule has 1 amide bonds. The van der Waals surface area contributed by atoms with Crippen LogP contribution >= 0.6 is 11.6 Å². The number of carbonyl (C=O) groups excluding carboxylic acids is 1. The van der Waals surface area contributed by atoms with Gasteiger partial charge in [-0.25, -0.2) is 12.8 Å². The van der Waals surface area contributed by atoms with Crippen molar-refractivity contribution in [3.8, 4) is 0 Å². The van der Waals surface area contributed by atoms with Gasteiger partial charge in [-0.15, -0.1) is 0 Å².